The number of aliphatic imine (C=N–C) groups is 3. The molecule has 12 heteroatoms. The van der Waals surface area contributed by atoms with Gasteiger partial charge in [0.1, 0.15) is 0 Å². The predicted octanol–water partition coefficient (Wildman–Crippen LogP) is -1.49. The second-order valence-corrected chi connectivity index (χ2v) is 4.97. The molecule has 11 N–H and O–H groups in total. The van der Waals surface area contributed by atoms with Gasteiger partial charge in [0.25, 0.3) is 5.96 Å². The van der Waals surface area contributed by atoms with Crippen LogP contribution < -0.4 is 28.7 Å². The zero-order valence-electron chi connectivity index (χ0n) is 14.4. The Balaban J connectivity index is 4.21. The van der Waals surface area contributed by atoms with Crippen molar-refractivity contribution in [3.63, 3.8) is 0 Å². The first kappa shape index (κ1) is 21.9. The summed E-state index contributed by atoms with van der Waals surface area (Å²) >= 11 is 0. The van der Waals surface area contributed by atoms with Gasteiger partial charge >= 0.3 is 5.97 Å². The number of nitrogens with two attached hydrogens (primary N) is 5. The number of hydrogen-bond donors (Lipinski definition) is 6. The Hall–Kier alpha value is -3.05. The SMILES string of the molecule is CCC(=O)ON(CCCCCCN=C(N)N=C(N)N)C(=N)N=C(N)N. The molecule has 142 valence electrons. The van der Waals surface area contributed by atoms with Crippen LogP contribution in [0.3, 0.4) is 0 Å². The van der Waals surface area contributed by atoms with Gasteiger partial charge in [0.15, 0.2) is 11.9 Å². The molecule has 0 saturated heterocycles. The molecule has 0 spiro atoms. The second kappa shape index (κ2) is 12.4. The summed E-state index contributed by atoms with van der Waals surface area (Å²) in [5, 5.41) is 8.80. The quantitative estimate of drug-likeness (QED) is 0.130. The van der Waals surface area contributed by atoms with Gasteiger partial charge in [-0.15, -0.1) is 0 Å². The number of carbonyl (C=O) groups is 1. The first-order valence-electron chi connectivity index (χ1n) is 7.82. The zero-order valence-corrected chi connectivity index (χ0v) is 14.4. The van der Waals surface area contributed by atoms with Crippen LogP contribution in [0.5, 0.6) is 0 Å². The van der Waals surface area contributed by atoms with E-state index in [-0.39, 0.29) is 30.3 Å². The number of nitrogens with one attached hydrogen (secondary N) is 1. The van der Waals surface area contributed by atoms with Crippen molar-refractivity contribution in [1.82, 2.24) is 5.06 Å². The lowest BCUT2D eigenvalue weighted by atomic mass is 10.2. The van der Waals surface area contributed by atoms with E-state index in [4.69, 9.17) is 38.9 Å². The summed E-state index contributed by atoms with van der Waals surface area (Å²) in [4.78, 5) is 27.6. The maximum Gasteiger partial charge on any atom is 0.332 e. The standard InChI is InChI=1S/C13H28N10O2/c1-2-9(24)25-23(13(19)22-11(16)17)8-6-4-3-5-7-20-12(18)21-10(14)15/h2-8H2,1H3,(H5,16,17,19,22)(H6,14,15,18,20,21). The van der Waals surface area contributed by atoms with Gasteiger partial charge in [-0.3, -0.25) is 10.4 Å². The van der Waals surface area contributed by atoms with Crippen LogP contribution in [-0.4, -0.2) is 48.0 Å². The molecule has 0 aliphatic heterocycles. The van der Waals surface area contributed by atoms with Crippen molar-refractivity contribution in [2.24, 2.45) is 43.6 Å². The number of nitrogens with zero attached hydrogens (tertiary/aromatic N) is 4. The largest absolute Gasteiger partial charge is 0.370 e. The molecule has 25 heavy (non-hydrogen) atoms. The fraction of sp³-hybridized carbons (Fsp3) is 0.615. The molecule has 0 saturated carbocycles. The first-order chi connectivity index (χ1) is 11.8. The molecule has 0 aliphatic carbocycles. The predicted molar refractivity (Wildman–Crippen MR) is 97.4 cm³/mol. The molecular weight excluding hydrogens is 328 g/mol. The molecule has 0 atom stereocenters. The summed E-state index contributed by atoms with van der Waals surface area (Å²) in [7, 11) is 0. The molecule has 0 amide bonds. The minimum absolute atomic E-state index is 0.0448. The third-order valence-corrected chi connectivity index (χ3v) is 2.76. The van der Waals surface area contributed by atoms with Crippen LogP contribution in [0.4, 0.5) is 0 Å². The summed E-state index contributed by atoms with van der Waals surface area (Å²) in [6.45, 7) is 2.46. The van der Waals surface area contributed by atoms with E-state index in [0.717, 1.165) is 24.3 Å². The summed E-state index contributed by atoms with van der Waals surface area (Å²) in [6, 6.07) is 0. The van der Waals surface area contributed by atoms with E-state index in [1.54, 1.807) is 6.92 Å². The van der Waals surface area contributed by atoms with Crippen molar-refractivity contribution in [3.05, 3.63) is 0 Å². The number of hydroxylamine groups is 2. The molecule has 0 rings (SSSR count). The van der Waals surface area contributed by atoms with Crippen LogP contribution in [0.2, 0.25) is 0 Å². The Morgan fingerprint density at radius 3 is 2.16 bits per heavy atom. The zero-order chi connectivity index (χ0) is 19.2. The van der Waals surface area contributed by atoms with Crippen LogP contribution in [-0.2, 0) is 9.63 Å². The molecule has 0 aromatic rings. The Kier molecular flexibility index (Phi) is 10.9. The van der Waals surface area contributed by atoms with Gasteiger partial charge in [0.05, 0.1) is 6.54 Å². The van der Waals surface area contributed by atoms with E-state index in [2.05, 4.69) is 15.0 Å². The van der Waals surface area contributed by atoms with Crippen LogP contribution in [0, 0.1) is 5.41 Å². The monoisotopic (exact) mass is 356 g/mol. The Labute approximate surface area is 146 Å². The molecule has 12 nitrogen and oxygen atoms in total. The Morgan fingerprint density at radius 2 is 1.60 bits per heavy atom. The molecule has 0 aromatic carbocycles. The molecular formula is C13H28N10O2. The highest BCUT2D eigenvalue weighted by Gasteiger charge is 2.14. The van der Waals surface area contributed by atoms with E-state index in [9.17, 15) is 4.79 Å². The second-order valence-electron chi connectivity index (χ2n) is 4.97. The number of rotatable bonds is 8. The number of guanidine groups is 4. The van der Waals surface area contributed by atoms with Crippen molar-refractivity contribution in [1.29, 1.82) is 5.41 Å². The number of carbonyl (C=O) groups excluding carboxylic acids is 1. The van der Waals surface area contributed by atoms with Crippen molar-refractivity contribution in [3.8, 4) is 0 Å². The smallest absolute Gasteiger partial charge is 0.332 e. The van der Waals surface area contributed by atoms with Crippen LogP contribution in [0.15, 0.2) is 15.0 Å². The lowest BCUT2D eigenvalue weighted by Gasteiger charge is -2.20. The van der Waals surface area contributed by atoms with Gasteiger partial charge in [-0.05, 0) is 12.8 Å². The fourth-order valence-corrected chi connectivity index (χ4v) is 1.64. The van der Waals surface area contributed by atoms with E-state index in [1.165, 1.54) is 0 Å². The van der Waals surface area contributed by atoms with Crippen molar-refractivity contribution in [2.45, 2.75) is 39.0 Å². The minimum Gasteiger partial charge on any atom is -0.370 e. The van der Waals surface area contributed by atoms with Crippen molar-refractivity contribution < 1.29 is 9.63 Å². The highest BCUT2D eigenvalue weighted by molar-refractivity contribution is 5.92. The maximum atomic E-state index is 11.4. The molecule has 0 aromatic heterocycles. The van der Waals surface area contributed by atoms with Crippen LogP contribution >= 0.6 is 0 Å². The number of hydrogen-bond acceptors (Lipinski definition) is 4. The van der Waals surface area contributed by atoms with E-state index < -0.39 is 5.97 Å². The summed E-state index contributed by atoms with van der Waals surface area (Å²) in [6.07, 6.45) is 3.34. The molecule has 0 bridgehead atoms. The van der Waals surface area contributed by atoms with Crippen LogP contribution in [0.1, 0.15) is 39.0 Å². The Morgan fingerprint density at radius 1 is 1.00 bits per heavy atom. The molecule has 0 unspecified atom stereocenters. The average molecular weight is 356 g/mol. The fourth-order valence-electron chi connectivity index (χ4n) is 1.64. The van der Waals surface area contributed by atoms with Gasteiger partial charge in [-0.2, -0.15) is 15.0 Å². The van der Waals surface area contributed by atoms with Gasteiger partial charge in [-0.25, -0.2) is 4.79 Å². The normalized spacial score (nSPS) is 10.7. The van der Waals surface area contributed by atoms with E-state index in [1.807, 2.05) is 0 Å². The first-order valence-corrected chi connectivity index (χ1v) is 7.82. The lowest BCUT2D eigenvalue weighted by Crippen LogP contribution is -2.35. The third-order valence-electron chi connectivity index (χ3n) is 2.76. The molecule has 0 heterocycles. The summed E-state index contributed by atoms with van der Waals surface area (Å²) < 4.78 is 0. The summed E-state index contributed by atoms with van der Waals surface area (Å²) in [5.41, 5.74) is 26.3. The van der Waals surface area contributed by atoms with Gasteiger partial charge in [-0.1, -0.05) is 19.8 Å². The summed E-state index contributed by atoms with van der Waals surface area (Å²) in [5.74, 6) is -1.16. The maximum absolute atomic E-state index is 11.4. The van der Waals surface area contributed by atoms with Gasteiger partial charge in [0.2, 0.25) is 5.96 Å². The van der Waals surface area contributed by atoms with Crippen LogP contribution in [0.25, 0.3) is 0 Å². The van der Waals surface area contributed by atoms with Gasteiger partial charge in [0, 0.05) is 13.0 Å². The topological polar surface area (TPSA) is 221 Å². The third kappa shape index (κ3) is 12.1. The van der Waals surface area contributed by atoms with E-state index in [0.29, 0.717) is 19.5 Å². The molecule has 0 aliphatic rings. The van der Waals surface area contributed by atoms with Crippen molar-refractivity contribution >= 4 is 29.8 Å². The highest BCUT2D eigenvalue weighted by atomic mass is 16.7. The Bertz CT molecular complexity index is 521. The molecule has 0 radical (unpaired) electrons. The average Bonchev–Trinajstić information content (AvgIpc) is 2.50. The highest BCUT2D eigenvalue weighted by Crippen LogP contribution is 2.05. The van der Waals surface area contributed by atoms with Crippen molar-refractivity contribution in [2.75, 3.05) is 13.1 Å². The van der Waals surface area contributed by atoms with Gasteiger partial charge < -0.3 is 33.5 Å². The van der Waals surface area contributed by atoms with E-state index >= 15 is 0 Å². The lowest BCUT2D eigenvalue weighted by molar-refractivity contribution is -0.173. The minimum atomic E-state index is -0.472. The number of unbranched alkanes of at least 4 members (excludes halogenated alkanes) is 3. The molecule has 0 fully saturated rings.